The summed E-state index contributed by atoms with van der Waals surface area (Å²) >= 11 is 0. The second-order valence-corrected chi connectivity index (χ2v) is 2.81. The van der Waals surface area contributed by atoms with Crippen molar-refractivity contribution in [3.05, 3.63) is 12.4 Å². The first-order valence-corrected chi connectivity index (χ1v) is 4.00. The van der Waals surface area contributed by atoms with E-state index < -0.39 is 5.66 Å². The van der Waals surface area contributed by atoms with Crippen molar-refractivity contribution in [2.24, 2.45) is 0 Å². The van der Waals surface area contributed by atoms with Crippen LogP contribution < -0.4 is 10.6 Å². The number of nitrogens with one attached hydrogen (secondary N) is 2. The average Bonchev–Trinajstić information content (AvgIpc) is 2.50. The standard InChI is InChI=1S/C8H14N2O/c1-2-3-4-8(7-11)9-5-6-10-8/h5-7,9-10H,2-4H2,1H3. The van der Waals surface area contributed by atoms with Crippen molar-refractivity contribution in [3.63, 3.8) is 0 Å². The summed E-state index contributed by atoms with van der Waals surface area (Å²) in [5.41, 5.74) is -0.504. The molecule has 0 unspecified atom stereocenters. The number of unbranched alkanes of at least 4 members (excludes halogenated alkanes) is 1. The molecule has 0 aromatic rings. The third-order valence-corrected chi connectivity index (χ3v) is 1.89. The maximum atomic E-state index is 10.7. The first-order valence-electron chi connectivity index (χ1n) is 4.00. The molecular weight excluding hydrogens is 140 g/mol. The monoisotopic (exact) mass is 154 g/mol. The molecule has 2 N–H and O–H groups in total. The molecule has 11 heavy (non-hydrogen) atoms. The first kappa shape index (κ1) is 8.11. The van der Waals surface area contributed by atoms with Crippen molar-refractivity contribution in [1.82, 2.24) is 10.6 Å². The molecule has 0 saturated carbocycles. The van der Waals surface area contributed by atoms with Gasteiger partial charge in [-0.05, 0) is 12.8 Å². The van der Waals surface area contributed by atoms with E-state index in [1.54, 1.807) is 12.4 Å². The van der Waals surface area contributed by atoms with E-state index in [0.29, 0.717) is 0 Å². The van der Waals surface area contributed by atoms with Crippen LogP contribution in [0.5, 0.6) is 0 Å². The van der Waals surface area contributed by atoms with Gasteiger partial charge < -0.3 is 10.6 Å². The molecule has 0 radical (unpaired) electrons. The number of carbonyl (C=O) groups is 1. The molecular formula is C8H14N2O. The van der Waals surface area contributed by atoms with Crippen molar-refractivity contribution in [2.75, 3.05) is 0 Å². The fourth-order valence-corrected chi connectivity index (χ4v) is 1.15. The Morgan fingerprint density at radius 2 is 2.09 bits per heavy atom. The van der Waals surface area contributed by atoms with Gasteiger partial charge in [0.1, 0.15) is 0 Å². The van der Waals surface area contributed by atoms with E-state index in [1.807, 2.05) is 0 Å². The highest BCUT2D eigenvalue weighted by molar-refractivity contribution is 5.64. The highest BCUT2D eigenvalue weighted by Gasteiger charge is 2.28. The lowest BCUT2D eigenvalue weighted by Gasteiger charge is -2.23. The van der Waals surface area contributed by atoms with E-state index >= 15 is 0 Å². The lowest BCUT2D eigenvalue weighted by Crippen LogP contribution is -2.50. The van der Waals surface area contributed by atoms with Gasteiger partial charge in [0.05, 0.1) is 0 Å². The fraction of sp³-hybridized carbons (Fsp3) is 0.625. The van der Waals surface area contributed by atoms with Crippen LogP contribution in [0.25, 0.3) is 0 Å². The zero-order valence-electron chi connectivity index (χ0n) is 6.76. The first-order chi connectivity index (χ1) is 5.33. The Bertz CT molecular complexity index is 157. The van der Waals surface area contributed by atoms with Crippen molar-refractivity contribution in [1.29, 1.82) is 0 Å². The third-order valence-electron chi connectivity index (χ3n) is 1.89. The zero-order valence-corrected chi connectivity index (χ0v) is 6.76. The molecule has 0 saturated heterocycles. The average molecular weight is 154 g/mol. The van der Waals surface area contributed by atoms with Gasteiger partial charge in [0.25, 0.3) is 0 Å². The number of hydrogen-bond donors (Lipinski definition) is 2. The molecule has 1 aliphatic heterocycles. The number of rotatable bonds is 4. The summed E-state index contributed by atoms with van der Waals surface area (Å²) in [6, 6.07) is 0. The second kappa shape index (κ2) is 3.42. The van der Waals surface area contributed by atoms with Crippen LogP contribution in [0.2, 0.25) is 0 Å². The molecule has 1 heterocycles. The van der Waals surface area contributed by atoms with E-state index in [1.165, 1.54) is 0 Å². The van der Waals surface area contributed by atoms with Crippen molar-refractivity contribution >= 4 is 6.29 Å². The molecule has 1 rings (SSSR count). The topological polar surface area (TPSA) is 41.1 Å². The molecule has 0 aromatic carbocycles. The smallest absolute Gasteiger partial charge is 0.165 e. The molecule has 1 aliphatic rings. The van der Waals surface area contributed by atoms with Crippen LogP contribution >= 0.6 is 0 Å². The van der Waals surface area contributed by atoms with Crippen LogP contribution in [0.3, 0.4) is 0 Å². The highest BCUT2D eigenvalue weighted by Crippen LogP contribution is 2.11. The minimum Gasteiger partial charge on any atom is -0.362 e. The number of carbonyl (C=O) groups excluding carboxylic acids is 1. The molecule has 0 aliphatic carbocycles. The van der Waals surface area contributed by atoms with Gasteiger partial charge in [0.2, 0.25) is 0 Å². The van der Waals surface area contributed by atoms with Crippen molar-refractivity contribution in [2.45, 2.75) is 31.8 Å². The molecule has 0 amide bonds. The van der Waals surface area contributed by atoms with Crippen LogP contribution in [0, 0.1) is 0 Å². The summed E-state index contributed by atoms with van der Waals surface area (Å²) in [6.07, 6.45) is 7.48. The summed E-state index contributed by atoms with van der Waals surface area (Å²) < 4.78 is 0. The van der Waals surface area contributed by atoms with E-state index in [2.05, 4.69) is 17.6 Å². The SMILES string of the molecule is CCCCC1(C=O)NC=CN1. The lowest BCUT2D eigenvalue weighted by molar-refractivity contribution is -0.113. The Kier molecular flexibility index (Phi) is 2.52. The summed E-state index contributed by atoms with van der Waals surface area (Å²) in [5.74, 6) is 0. The van der Waals surface area contributed by atoms with Gasteiger partial charge >= 0.3 is 0 Å². The Balaban J connectivity index is 2.41. The second-order valence-electron chi connectivity index (χ2n) is 2.81. The van der Waals surface area contributed by atoms with Crippen molar-refractivity contribution < 1.29 is 4.79 Å². The van der Waals surface area contributed by atoms with Crippen molar-refractivity contribution in [3.8, 4) is 0 Å². The molecule has 0 spiro atoms. The molecule has 0 bridgehead atoms. The lowest BCUT2D eigenvalue weighted by atomic mass is 10.1. The Morgan fingerprint density at radius 3 is 2.55 bits per heavy atom. The normalized spacial score (nSPS) is 19.0. The van der Waals surface area contributed by atoms with E-state index in [4.69, 9.17) is 0 Å². The molecule has 0 fully saturated rings. The van der Waals surface area contributed by atoms with E-state index in [9.17, 15) is 4.79 Å². The molecule has 3 heteroatoms. The molecule has 0 atom stereocenters. The summed E-state index contributed by atoms with van der Waals surface area (Å²) in [6.45, 7) is 2.11. The molecule has 0 aromatic heterocycles. The quantitative estimate of drug-likeness (QED) is 0.587. The van der Waals surface area contributed by atoms with Crippen LogP contribution in [0.15, 0.2) is 12.4 Å². The van der Waals surface area contributed by atoms with Gasteiger partial charge in [-0.1, -0.05) is 13.3 Å². The minimum absolute atomic E-state index is 0.504. The number of aldehydes is 1. The maximum absolute atomic E-state index is 10.7. The van der Waals surface area contributed by atoms with Crippen LogP contribution in [0.4, 0.5) is 0 Å². The fourth-order valence-electron chi connectivity index (χ4n) is 1.15. The van der Waals surface area contributed by atoms with Crippen LogP contribution in [-0.4, -0.2) is 11.9 Å². The Labute approximate surface area is 66.9 Å². The highest BCUT2D eigenvalue weighted by atomic mass is 16.1. The predicted molar refractivity (Wildman–Crippen MR) is 43.7 cm³/mol. The van der Waals surface area contributed by atoms with Gasteiger partial charge in [-0.3, -0.25) is 4.79 Å². The summed E-state index contributed by atoms with van der Waals surface area (Å²) in [7, 11) is 0. The largest absolute Gasteiger partial charge is 0.362 e. The third kappa shape index (κ3) is 1.73. The molecule has 3 nitrogen and oxygen atoms in total. The van der Waals surface area contributed by atoms with E-state index in [-0.39, 0.29) is 0 Å². The molecule has 62 valence electrons. The number of hydrogen-bond acceptors (Lipinski definition) is 3. The minimum atomic E-state index is -0.504. The Morgan fingerprint density at radius 1 is 1.45 bits per heavy atom. The van der Waals surface area contributed by atoms with Crippen LogP contribution in [-0.2, 0) is 4.79 Å². The van der Waals surface area contributed by atoms with Gasteiger partial charge in [-0.2, -0.15) is 0 Å². The predicted octanol–water partition coefficient (Wildman–Crippen LogP) is 0.736. The van der Waals surface area contributed by atoms with Crippen LogP contribution in [0.1, 0.15) is 26.2 Å². The zero-order chi connectivity index (χ0) is 8.16. The van der Waals surface area contributed by atoms with Gasteiger partial charge in [0, 0.05) is 12.4 Å². The Hall–Kier alpha value is -0.990. The van der Waals surface area contributed by atoms with Gasteiger partial charge in [-0.25, -0.2) is 0 Å². The van der Waals surface area contributed by atoms with Gasteiger partial charge in [-0.15, -0.1) is 0 Å². The van der Waals surface area contributed by atoms with Gasteiger partial charge in [0.15, 0.2) is 11.9 Å². The maximum Gasteiger partial charge on any atom is 0.165 e. The van der Waals surface area contributed by atoms with E-state index in [0.717, 1.165) is 25.5 Å². The summed E-state index contributed by atoms with van der Waals surface area (Å²) in [4.78, 5) is 10.7. The summed E-state index contributed by atoms with van der Waals surface area (Å²) in [5, 5.41) is 5.99.